The Bertz CT molecular complexity index is 294. The van der Waals surface area contributed by atoms with Crippen LogP contribution in [0, 0.1) is 5.82 Å². The highest BCUT2D eigenvalue weighted by Gasteiger charge is 2.27. The third kappa shape index (κ3) is 1.24. The molecule has 62 valence electrons. The van der Waals surface area contributed by atoms with E-state index in [2.05, 4.69) is 0 Å². The van der Waals surface area contributed by atoms with Crippen molar-refractivity contribution in [2.45, 2.75) is 18.8 Å². The van der Waals surface area contributed by atoms with Crippen LogP contribution in [0.1, 0.15) is 24.3 Å². The van der Waals surface area contributed by atoms with E-state index in [4.69, 9.17) is 0 Å². The van der Waals surface area contributed by atoms with Crippen molar-refractivity contribution in [3.63, 3.8) is 0 Å². The summed E-state index contributed by atoms with van der Waals surface area (Å²) < 4.78 is 12.5. The molecule has 1 aliphatic carbocycles. The maximum Gasteiger partial charge on any atom is 0.134 e. The minimum Gasteiger partial charge on any atom is -0.300 e. The lowest BCUT2D eigenvalue weighted by molar-refractivity contribution is -0.124. The lowest BCUT2D eigenvalue weighted by Gasteiger charge is -2.24. The minimum absolute atomic E-state index is 0.218. The van der Waals surface area contributed by atoms with Gasteiger partial charge < -0.3 is 0 Å². The summed E-state index contributed by atoms with van der Waals surface area (Å²) in [5.41, 5.74) is 1.08. The van der Waals surface area contributed by atoms with E-state index >= 15 is 0 Å². The molecule has 0 atom stereocenters. The van der Waals surface area contributed by atoms with Gasteiger partial charge in [0.25, 0.3) is 0 Å². The van der Waals surface area contributed by atoms with Gasteiger partial charge in [0.15, 0.2) is 0 Å². The van der Waals surface area contributed by atoms with Crippen LogP contribution < -0.4 is 0 Å². The monoisotopic (exact) mass is 164 g/mol. The van der Waals surface area contributed by atoms with Gasteiger partial charge in [-0.15, -0.1) is 0 Å². The van der Waals surface area contributed by atoms with Crippen LogP contribution in [-0.4, -0.2) is 5.78 Å². The molecular weight excluding hydrogens is 155 g/mol. The Morgan fingerprint density at radius 1 is 1.17 bits per heavy atom. The van der Waals surface area contributed by atoms with E-state index in [1.165, 1.54) is 12.1 Å². The van der Waals surface area contributed by atoms with Gasteiger partial charge in [-0.1, -0.05) is 12.1 Å². The molecule has 1 saturated carbocycles. The van der Waals surface area contributed by atoms with Gasteiger partial charge in [0.05, 0.1) is 0 Å². The van der Waals surface area contributed by atoms with Gasteiger partial charge in [-0.3, -0.25) is 4.79 Å². The van der Waals surface area contributed by atoms with Gasteiger partial charge in [0.2, 0.25) is 0 Å². The predicted molar refractivity (Wildman–Crippen MR) is 43.4 cm³/mol. The summed E-state index contributed by atoms with van der Waals surface area (Å²) in [6.45, 7) is 0. The SMILES string of the molecule is O=C1CC(c2ccc(F)cc2)C1. The number of rotatable bonds is 1. The Balaban J connectivity index is 2.14. The second-order valence-corrected chi connectivity index (χ2v) is 3.20. The molecule has 0 aromatic heterocycles. The molecule has 0 aliphatic heterocycles. The van der Waals surface area contributed by atoms with Crippen LogP contribution in [0.3, 0.4) is 0 Å². The normalized spacial score (nSPS) is 17.6. The largest absolute Gasteiger partial charge is 0.300 e. The van der Waals surface area contributed by atoms with Crippen LogP contribution in [0.2, 0.25) is 0 Å². The lowest BCUT2D eigenvalue weighted by Crippen LogP contribution is -2.20. The molecule has 1 aromatic carbocycles. The second kappa shape index (κ2) is 2.70. The maximum absolute atomic E-state index is 12.5. The minimum atomic E-state index is -0.218. The first kappa shape index (κ1) is 7.47. The van der Waals surface area contributed by atoms with Crippen molar-refractivity contribution in [1.82, 2.24) is 0 Å². The van der Waals surface area contributed by atoms with E-state index in [1.54, 1.807) is 12.1 Å². The summed E-state index contributed by atoms with van der Waals surface area (Å²) in [5, 5.41) is 0. The molecular formula is C10H9FO. The molecule has 1 aromatic rings. The Morgan fingerprint density at radius 3 is 2.25 bits per heavy atom. The van der Waals surface area contributed by atoms with Crippen molar-refractivity contribution in [3.8, 4) is 0 Å². The van der Waals surface area contributed by atoms with Crippen LogP contribution in [0.25, 0.3) is 0 Å². The lowest BCUT2D eigenvalue weighted by atomic mass is 9.79. The van der Waals surface area contributed by atoms with Gasteiger partial charge in [-0.2, -0.15) is 0 Å². The van der Waals surface area contributed by atoms with Crippen molar-refractivity contribution < 1.29 is 9.18 Å². The molecule has 0 spiro atoms. The number of Topliss-reactive ketones (excluding diaryl/α,β-unsaturated/α-hetero) is 1. The molecule has 1 aliphatic rings. The molecule has 0 N–H and O–H groups in total. The maximum atomic E-state index is 12.5. The highest BCUT2D eigenvalue weighted by molar-refractivity contribution is 5.86. The highest BCUT2D eigenvalue weighted by Crippen LogP contribution is 2.33. The second-order valence-electron chi connectivity index (χ2n) is 3.20. The van der Waals surface area contributed by atoms with Crippen LogP contribution >= 0.6 is 0 Å². The predicted octanol–water partition coefficient (Wildman–Crippen LogP) is 2.27. The molecule has 0 radical (unpaired) electrons. The first-order chi connectivity index (χ1) is 5.75. The zero-order valence-corrected chi connectivity index (χ0v) is 6.59. The van der Waals surface area contributed by atoms with Crippen molar-refractivity contribution in [2.24, 2.45) is 0 Å². The fraction of sp³-hybridized carbons (Fsp3) is 0.300. The van der Waals surface area contributed by atoms with Crippen molar-refractivity contribution in [3.05, 3.63) is 35.6 Å². The zero-order chi connectivity index (χ0) is 8.55. The van der Waals surface area contributed by atoms with Gasteiger partial charge in [-0.05, 0) is 23.6 Å². The third-order valence-corrected chi connectivity index (χ3v) is 2.29. The molecule has 0 bridgehead atoms. The number of halogens is 1. The Labute approximate surface area is 70.2 Å². The van der Waals surface area contributed by atoms with Gasteiger partial charge in [0, 0.05) is 12.8 Å². The van der Waals surface area contributed by atoms with Crippen LogP contribution in [-0.2, 0) is 4.79 Å². The number of ketones is 1. The zero-order valence-electron chi connectivity index (χ0n) is 6.59. The quantitative estimate of drug-likeness (QED) is 0.622. The van der Waals surface area contributed by atoms with Crippen LogP contribution in [0.5, 0.6) is 0 Å². The van der Waals surface area contributed by atoms with Crippen LogP contribution in [0.4, 0.5) is 4.39 Å². The summed E-state index contributed by atoms with van der Waals surface area (Å²) in [6, 6.07) is 6.40. The summed E-state index contributed by atoms with van der Waals surface area (Å²) in [5.74, 6) is 0.437. The van der Waals surface area contributed by atoms with Gasteiger partial charge in [-0.25, -0.2) is 4.39 Å². The topological polar surface area (TPSA) is 17.1 Å². The molecule has 1 nitrogen and oxygen atoms in total. The van der Waals surface area contributed by atoms with Gasteiger partial charge in [0.1, 0.15) is 11.6 Å². The number of hydrogen-bond donors (Lipinski definition) is 0. The van der Waals surface area contributed by atoms with E-state index < -0.39 is 0 Å². The molecule has 0 unspecified atom stereocenters. The Morgan fingerprint density at radius 2 is 1.75 bits per heavy atom. The van der Waals surface area contributed by atoms with Gasteiger partial charge >= 0.3 is 0 Å². The molecule has 0 heterocycles. The summed E-state index contributed by atoms with van der Waals surface area (Å²) >= 11 is 0. The first-order valence-electron chi connectivity index (χ1n) is 4.03. The molecule has 1 fully saturated rings. The van der Waals surface area contributed by atoms with Crippen molar-refractivity contribution >= 4 is 5.78 Å². The standard InChI is InChI=1S/C10H9FO/c11-9-3-1-7(2-4-9)8-5-10(12)6-8/h1-4,8H,5-6H2. The highest BCUT2D eigenvalue weighted by atomic mass is 19.1. The average Bonchev–Trinajstić information content (AvgIpc) is 2.01. The summed E-state index contributed by atoms with van der Waals surface area (Å²) in [4.78, 5) is 10.7. The Kier molecular flexibility index (Phi) is 1.68. The average molecular weight is 164 g/mol. The summed E-state index contributed by atoms with van der Waals surface area (Å²) in [6.07, 6.45) is 1.26. The number of carbonyl (C=O) groups excluding carboxylic acids is 1. The fourth-order valence-electron chi connectivity index (χ4n) is 1.46. The molecule has 0 amide bonds. The fourth-order valence-corrected chi connectivity index (χ4v) is 1.46. The molecule has 2 rings (SSSR count). The van der Waals surface area contributed by atoms with E-state index in [1.807, 2.05) is 0 Å². The van der Waals surface area contributed by atoms with E-state index in [0.29, 0.717) is 24.5 Å². The van der Waals surface area contributed by atoms with Crippen molar-refractivity contribution in [1.29, 1.82) is 0 Å². The van der Waals surface area contributed by atoms with E-state index in [-0.39, 0.29) is 5.82 Å². The number of hydrogen-bond acceptors (Lipinski definition) is 1. The summed E-state index contributed by atoms with van der Waals surface area (Å²) in [7, 11) is 0. The first-order valence-corrected chi connectivity index (χ1v) is 4.03. The van der Waals surface area contributed by atoms with Crippen molar-refractivity contribution in [2.75, 3.05) is 0 Å². The van der Waals surface area contributed by atoms with Crippen LogP contribution in [0.15, 0.2) is 24.3 Å². The van der Waals surface area contributed by atoms with E-state index in [0.717, 1.165) is 5.56 Å². The molecule has 0 saturated heterocycles. The molecule has 12 heavy (non-hydrogen) atoms. The number of benzene rings is 1. The smallest absolute Gasteiger partial charge is 0.134 e. The molecule has 2 heteroatoms. The number of carbonyl (C=O) groups is 1. The van der Waals surface area contributed by atoms with E-state index in [9.17, 15) is 9.18 Å². The Hall–Kier alpha value is -1.18. The third-order valence-electron chi connectivity index (χ3n) is 2.29.